The predicted octanol–water partition coefficient (Wildman–Crippen LogP) is 3.11. The first-order valence-electron chi connectivity index (χ1n) is 7.05. The highest BCUT2D eigenvalue weighted by atomic mass is 16.4. The number of aryl methyl sites for hydroxylation is 1. The van der Waals surface area contributed by atoms with E-state index in [1.807, 2.05) is 31.2 Å². The van der Waals surface area contributed by atoms with Gasteiger partial charge in [0.05, 0.1) is 11.3 Å². The van der Waals surface area contributed by atoms with Crippen LogP contribution < -0.4 is 0 Å². The number of benzene rings is 1. The molecule has 0 unspecified atom stereocenters. The molecular weight excluding hydrogens is 264 g/mol. The Morgan fingerprint density at radius 2 is 1.95 bits per heavy atom. The lowest BCUT2D eigenvalue weighted by atomic mass is 10.1. The molecular formula is C17H20N2O2. The third kappa shape index (κ3) is 4.39. The summed E-state index contributed by atoms with van der Waals surface area (Å²) in [5.74, 6) is -0.889. The lowest BCUT2D eigenvalue weighted by Gasteiger charge is -2.20. The smallest absolute Gasteiger partial charge is 0.335 e. The second kappa shape index (κ2) is 6.99. The average Bonchev–Trinajstić information content (AvgIpc) is 2.47. The quantitative estimate of drug-likeness (QED) is 0.885. The Hall–Kier alpha value is -2.20. The first-order valence-corrected chi connectivity index (χ1v) is 7.05. The number of aromatic carboxylic acids is 1. The van der Waals surface area contributed by atoms with Crippen LogP contribution in [0.25, 0.3) is 0 Å². The van der Waals surface area contributed by atoms with Gasteiger partial charge in [-0.15, -0.1) is 0 Å². The number of carboxylic acids is 1. The van der Waals surface area contributed by atoms with Gasteiger partial charge < -0.3 is 5.11 Å². The van der Waals surface area contributed by atoms with Gasteiger partial charge in [-0.2, -0.15) is 0 Å². The normalized spacial score (nSPS) is 10.8. The van der Waals surface area contributed by atoms with Crippen molar-refractivity contribution in [1.29, 1.82) is 0 Å². The van der Waals surface area contributed by atoms with Crippen LogP contribution >= 0.6 is 0 Å². The van der Waals surface area contributed by atoms with Crippen LogP contribution in [0, 0.1) is 6.92 Å². The molecule has 0 saturated carbocycles. The third-order valence-electron chi connectivity index (χ3n) is 3.36. The number of rotatable bonds is 6. The van der Waals surface area contributed by atoms with Crippen molar-refractivity contribution in [3.8, 4) is 0 Å². The maximum absolute atomic E-state index is 11.0. The van der Waals surface area contributed by atoms with Gasteiger partial charge in [0.25, 0.3) is 0 Å². The number of carbonyl (C=O) groups is 1. The van der Waals surface area contributed by atoms with Gasteiger partial charge >= 0.3 is 5.97 Å². The maximum atomic E-state index is 11.0. The van der Waals surface area contributed by atoms with Gasteiger partial charge in [0.1, 0.15) is 0 Å². The van der Waals surface area contributed by atoms with Gasteiger partial charge in [0.15, 0.2) is 0 Å². The number of aromatic nitrogens is 1. The van der Waals surface area contributed by atoms with Crippen LogP contribution in [0.3, 0.4) is 0 Å². The van der Waals surface area contributed by atoms with Crippen LogP contribution in [0.15, 0.2) is 42.5 Å². The number of nitrogens with zero attached hydrogens (tertiary/aromatic N) is 2. The fourth-order valence-corrected chi connectivity index (χ4v) is 2.26. The van der Waals surface area contributed by atoms with Crippen LogP contribution in [0.2, 0.25) is 0 Å². The van der Waals surface area contributed by atoms with E-state index in [1.54, 1.807) is 18.2 Å². The summed E-state index contributed by atoms with van der Waals surface area (Å²) in [5, 5.41) is 9.04. The molecule has 1 aromatic heterocycles. The van der Waals surface area contributed by atoms with Crippen molar-refractivity contribution in [1.82, 2.24) is 9.88 Å². The number of hydrogen-bond donors (Lipinski definition) is 1. The van der Waals surface area contributed by atoms with Crippen molar-refractivity contribution in [3.05, 3.63) is 65.0 Å². The minimum Gasteiger partial charge on any atom is -0.478 e. The van der Waals surface area contributed by atoms with Crippen LogP contribution in [-0.4, -0.2) is 27.5 Å². The van der Waals surface area contributed by atoms with Crippen molar-refractivity contribution in [2.45, 2.75) is 26.9 Å². The molecule has 1 aromatic carbocycles. The molecule has 0 atom stereocenters. The summed E-state index contributed by atoms with van der Waals surface area (Å²) in [4.78, 5) is 17.8. The van der Waals surface area contributed by atoms with E-state index in [0.717, 1.165) is 30.0 Å². The Morgan fingerprint density at radius 1 is 1.19 bits per heavy atom. The SMILES string of the molecule is CCN(Cc1cccc(C(=O)O)c1)Cc1cccc(C)n1. The van der Waals surface area contributed by atoms with Gasteiger partial charge in [-0.3, -0.25) is 9.88 Å². The van der Waals surface area contributed by atoms with Crippen LogP contribution in [0.5, 0.6) is 0 Å². The molecule has 21 heavy (non-hydrogen) atoms. The minimum atomic E-state index is -0.889. The van der Waals surface area contributed by atoms with Crippen molar-refractivity contribution in [3.63, 3.8) is 0 Å². The van der Waals surface area contributed by atoms with E-state index in [4.69, 9.17) is 5.11 Å². The zero-order chi connectivity index (χ0) is 15.2. The third-order valence-corrected chi connectivity index (χ3v) is 3.36. The van der Waals surface area contributed by atoms with Crippen molar-refractivity contribution >= 4 is 5.97 Å². The molecule has 0 spiro atoms. The number of hydrogen-bond acceptors (Lipinski definition) is 3. The lowest BCUT2D eigenvalue weighted by molar-refractivity contribution is 0.0696. The Bertz CT molecular complexity index is 626. The molecule has 0 aliphatic carbocycles. The average molecular weight is 284 g/mol. The summed E-state index contributed by atoms with van der Waals surface area (Å²) < 4.78 is 0. The molecule has 0 aliphatic rings. The van der Waals surface area contributed by atoms with E-state index in [1.165, 1.54) is 0 Å². The van der Waals surface area contributed by atoms with Crippen molar-refractivity contribution in [2.75, 3.05) is 6.54 Å². The zero-order valence-corrected chi connectivity index (χ0v) is 12.4. The summed E-state index contributed by atoms with van der Waals surface area (Å²) in [6, 6.07) is 13.1. The molecule has 2 aromatic rings. The summed E-state index contributed by atoms with van der Waals surface area (Å²) in [5.41, 5.74) is 3.38. The van der Waals surface area contributed by atoms with Crippen LogP contribution in [0.1, 0.15) is 34.2 Å². The van der Waals surface area contributed by atoms with E-state index in [2.05, 4.69) is 16.8 Å². The molecule has 0 bridgehead atoms. The van der Waals surface area contributed by atoms with Gasteiger partial charge in [-0.25, -0.2) is 4.79 Å². The molecule has 2 rings (SSSR count). The molecule has 4 nitrogen and oxygen atoms in total. The summed E-state index contributed by atoms with van der Waals surface area (Å²) >= 11 is 0. The highest BCUT2D eigenvalue weighted by Crippen LogP contribution is 2.11. The second-order valence-electron chi connectivity index (χ2n) is 5.08. The van der Waals surface area contributed by atoms with Gasteiger partial charge in [-0.05, 0) is 43.3 Å². The molecule has 0 radical (unpaired) electrons. The van der Waals surface area contributed by atoms with Crippen molar-refractivity contribution < 1.29 is 9.90 Å². The van der Waals surface area contributed by atoms with Gasteiger partial charge in [0, 0.05) is 18.8 Å². The fraction of sp³-hybridized carbons (Fsp3) is 0.294. The molecule has 1 N–H and O–H groups in total. The summed E-state index contributed by atoms with van der Waals surface area (Å²) in [6.07, 6.45) is 0. The van der Waals surface area contributed by atoms with Crippen LogP contribution in [0.4, 0.5) is 0 Å². The highest BCUT2D eigenvalue weighted by Gasteiger charge is 2.08. The molecule has 0 fully saturated rings. The predicted molar refractivity (Wildman–Crippen MR) is 82.2 cm³/mol. The standard InChI is InChI=1S/C17H20N2O2/c1-3-19(12-16-9-4-6-13(2)18-16)11-14-7-5-8-15(10-14)17(20)21/h4-10H,3,11-12H2,1-2H3,(H,20,21). The fourth-order valence-electron chi connectivity index (χ4n) is 2.26. The Balaban J connectivity index is 2.08. The minimum absolute atomic E-state index is 0.331. The molecule has 4 heteroatoms. The first kappa shape index (κ1) is 15.2. The molecule has 0 aliphatic heterocycles. The Morgan fingerprint density at radius 3 is 2.62 bits per heavy atom. The van der Waals surface area contributed by atoms with E-state index in [9.17, 15) is 4.79 Å². The van der Waals surface area contributed by atoms with E-state index in [0.29, 0.717) is 12.1 Å². The Labute approximate surface area is 125 Å². The Kier molecular flexibility index (Phi) is 5.06. The van der Waals surface area contributed by atoms with E-state index >= 15 is 0 Å². The highest BCUT2D eigenvalue weighted by molar-refractivity contribution is 5.87. The molecule has 0 saturated heterocycles. The second-order valence-corrected chi connectivity index (χ2v) is 5.08. The molecule has 0 amide bonds. The number of carboxylic acid groups (broad SMARTS) is 1. The van der Waals surface area contributed by atoms with Crippen molar-refractivity contribution in [2.24, 2.45) is 0 Å². The lowest BCUT2D eigenvalue weighted by Crippen LogP contribution is -2.23. The molecule has 110 valence electrons. The monoisotopic (exact) mass is 284 g/mol. The number of pyridine rings is 1. The van der Waals surface area contributed by atoms with E-state index < -0.39 is 5.97 Å². The molecule has 1 heterocycles. The van der Waals surface area contributed by atoms with E-state index in [-0.39, 0.29) is 0 Å². The largest absolute Gasteiger partial charge is 0.478 e. The zero-order valence-electron chi connectivity index (χ0n) is 12.4. The summed E-state index contributed by atoms with van der Waals surface area (Å²) in [7, 11) is 0. The van der Waals surface area contributed by atoms with Crippen LogP contribution in [-0.2, 0) is 13.1 Å². The van der Waals surface area contributed by atoms with Gasteiger partial charge in [0.2, 0.25) is 0 Å². The summed E-state index contributed by atoms with van der Waals surface area (Å²) in [6.45, 7) is 6.43. The van der Waals surface area contributed by atoms with Gasteiger partial charge in [-0.1, -0.05) is 25.1 Å². The first-order chi connectivity index (χ1) is 10.1. The topological polar surface area (TPSA) is 53.4 Å². The maximum Gasteiger partial charge on any atom is 0.335 e.